The maximum Gasteiger partial charge on any atom is 0.573 e. The normalized spacial score (nSPS) is 15.9. The minimum atomic E-state index is -4.80. The zero-order chi connectivity index (χ0) is 23.5. The Morgan fingerprint density at radius 3 is 2.06 bits per heavy atom. The number of rotatable bonds is 6. The number of anilines is 1. The molecule has 0 spiro atoms. The molecule has 1 fully saturated rings. The van der Waals surface area contributed by atoms with Gasteiger partial charge in [0.2, 0.25) is 15.9 Å². The number of hydrogen-bond donors (Lipinski definition) is 1. The Labute approximate surface area is 183 Å². The molecule has 1 saturated heterocycles. The van der Waals surface area contributed by atoms with E-state index < -0.39 is 28.1 Å². The number of carbonyl (C=O) groups excluding carboxylic acids is 2. The summed E-state index contributed by atoms with van der Waals surface area (Å²) in [4.78, 5) is 23.9. The molecule has 0 aliphatic carbocycles. The predicted molar refractivity (Wildman–Crippen MR) is 110 cm³/mol. The summed E-state index contributed by atoms with van der Waals surface area (Å²) in [7, 11) is -3.75. The molecule has 1 amide bonds. The third-order valence-corrected chi connectivity index (χ3v) is 6.99. The molecule has 3 rings (SSSR count). The first-order valence-corrected chi connectivity index (χ1v) is 11.2. The van der Waals surface area contributed by atoms with Crippen LogP contribution in [0.25, 0.3) is 0 Å². The summed E-state index contributed by atoms with van der Waals surface area (Å²) in [6.07, 6.45) is -4.20. The number of halogens is 3. The molecule has 11 heteroatoms. The second-order valence-corrected chi connectivity index (χ2v) is 9.26. The Bertz CT molecular complexity index is 1080. The van der Waals surface area contributed by atoms with Gasteiger partial charge < -0.3 is 10.1 Å². The number of alkyl halides is 3. The van der Waals surface area contributed by atoms with Crippen LogP contribution < -0.4 is 10.1 Å². The van der Waals surface area contributed by atoms with Crippen LogP contribution in [0.15, 0.2) is 53.4 Å². The molecule has 0 atom stereocenters. The lowest BCUT2D eigenvalue weighted by molar-refractivity contribution is -0.274. The summed E-state index contributed by atoms with van der Waals surface area (Å²) >= 11 is 0. The molecule has 172 valence electrons. The first-order valence-electron chi connectivity index (χ1n) is 9.73. The number of nitrogens with one attached hydrogen (secondary N) is 1. The average molecular weight is 470 g/mol. The lowest BCUT2D eigenvalue weighted by Crippen LogP contribution is -2.41. The van der Waals surface area contributed by atoms with Crippen molar-refractivity contribution in [3.05, 3.63) is 54.1 Å². The van der Waals surface area contributed by atoms with E-state index >= 15 is 0 Å². The molecular weight excluding hydrogens is 449 g/mol. The molecule has 0 radical (unpaired) electrons. The van der Waals surface area contributed by atoms with Crippen LogP contribution >= 0.6 is 0 Å². The smallest absolute Gasteiger partial charge is 0.406 e. The average Bonchev–Trinajstić information content (AvgIpc) is 2.74. The Morgan fingerprint density at radius 2 is 1.56 bits per heavy atom. The largest absolute Gasteiger partial charge is 0.573 e. The highest BCUT2D eigenvalue weighted by Gasteiger charge is 2.33. The van der Waals surface area contributed by atoms with Gasteiger partial charge in [0.25, 0.3) is 0 Å². The zero-order valence-electron chi connectivity index (χ0n) is 17.1. The second-order valence-electron chi connectivity index (χ2n) is 7.32. The molecule has 2 aromatic rings. The van der Waals surface area contributed by atoms with Gasteiger partial charge in [0.15, 0.2) is 5.78 Å². The highest BCUT2D eigenvalue weighted by molar-refractivity contribution is 7.89. The minimum absolute atomic E-state index is 0.0755. The Morgan fingerprint density at radius 1 is 1.00 bits per heavy atom. The molecule has 0 saturated carbocycles. The van der Waals surface area contributed by atoms with Crippen molar-refractivity contribution >= 4 is 27.4 Å². The van der Waals surface area contributed by atoms with Gasteiger partial charge >= 0.3 is 6.36 Å². The fraction of sp³-hybridized carbons (Fsp3) is 0.333. The van der Waals surface area contributed by atoms with E-state index in [9.17, 15) is 31.2 Å². The predicted octanol–water partition coefficient (Wildman–Crippen LogP) is 3.83. The maximum absolute atomic E-state index is 12.8. The number of Topliss-reactive ketones (excluding diaryl/α,β-unsaturated/α-hetero) is 1. The summed E-state index contributed by atoms with van der Waals surface area (Å²) in [5.41, 5.74) is 0.725. The molecule has 7 nitrogen and oxygen atoms in total. The molecule has 1 heterocycles. The molecule has 1 N–H and O–H groups in total. The van der Waals surface area contributed by atoms with Crippen LogP contribution in [-0.4, -0.2) is 43.9 Å². The van der Waals surface area contributed by atoms with Crippen LogP contribution in [0.1, 0.15) is 30.1 Å². The van der Waals surface area contributed by atoms with Gasteiger partial charge in [-0.1, -0.05) is 12.1 Å². The lowest BCUT2D eigenvalue weighted by Gasteiger charge is -2.30. The third-order valence-electron chi connectivity index (χ3n) is 5.08. The van der Waals surface area contributed by atoms with Crippen LogP contribution in [-0.2, 0) is 14.8 Å². The van der Waals surface area contributed by atoms with Crippen molar-refractivity contribution in [2.24, 2.45) is 5.92 Å². The summed E-state index contributed by atoms with van der Waals surface area (Å²) in [5.74, 6) is -1.33. The van der Waals surface area contributed by atoms with Gasteiger partial charge in [-0.2, -0.15) is 4.31 Å². The van der Waals surface area contributed by atoms with Crippen LogP contribution in [0, 0.1) is 5.92 Å². The quantitative estimate of drug-likeness (QED) is 0.648. The van der Waals surface area contributed by atoms with Crippen molar-refractivity contribution < 1.29 is 35.9 Å². The van der Waals surface area contributed by atoms with Gasteiger partial charge in [0.05, 0.1) is 4.90 Å². The molecule has 1 aliphatic rings. The fourth-order valence-electron chi connectivity index (χ4n) is 3.35. The van der Waals surface area contributed by atoms with Crippen LogP contribution in [0.4, 0.5) is 18.9 Å². The lowest BCUT2D eigenvalue weighted by atomic mass is 9.97. The number of ketones is 1. The summed E-state index contributed by atoms with van der Waals surface area (Å²) in [5, 5.41) is 2.63. The number of carbonyl (C=O) groups is 2. The summed E-state index contributed by atoms with van der Waals surface area (Å²) in [6.45, 7) is 1.69. The summed E-state index contributed by atoms with van der Waals surface area (Å²) < 4.78 is 67.4. The van der Waals surface area contributed by atoms with Gasteiger partial charge in [0.1, 0.15) is 5.75 Å². The van der Waals surface area contributed by atoms with Gasteiger partial charge in [0, 0.05) is 30.3 Å². The SMILES string of the molecule is CC(=O)c1ccc(S(=O)(=O)N2CCC(C(=O)Nc3ccc(OC(F)(F)F)cc3)CC2)cc1. The maximum atomic E-state index is 12.8. The Balaban J connectivity index is 1.56. The monoisotopic (exact) mass is 470 g/mol. The van der Waals surface area contributed by atoms with E-state index in [4.69, 9.17) is 0 Å². The van der Waals surface area contributed by atoms with Crippen LogP contribution in [0.3, 0.4) is 0 Å². The van der Waals surface area contributed by atoms with Gasteiger partial charge in [-0.25, -0.2) is 8.42 Å². The van der Waals surface area contributed by atoms with E-state index in [1.807, 2.05) is 0 Å². The van der Waals surface area contributed by atoms with Crippen molar-refractivity contribution in [1.29, 1.82) is 0 Å². The molecule has 32 heavy (non-hydrogen) atoms. The zero-order valence-corrected chi connectivity index (χ0v) is 17.9. The Kier molecular flexibility index (Phi) is 6.89. The number of amides is 1. The standard InChI is InChI=1S/C21H21F3N2O5S/c1-14(27)15-2-8-19(9-3-15)32(29,30)26-12-10-16(11-13-26)20(28)25-17-4-6-18(7-5-17)31-21(22,23)24/h2-9,16H,10-13H2,1H3,(H,25,28). The summed E-state index contributed by atoms with van der Waals surface area (Å²) in [6, 6.07) is 10.5. The van der Waals surface area contributed by atoms with Crippen molar-refractivity contribution in [3.8, 4) is 5.75 Å². The molecular formula is C21H21F3N2O5S. The van der Waals surface area contributed by atoms with Gasteiger partial charge in [-0.15, -0.1) is 13.2 Å². The highest BCUT2D eigenvalue weighted by Crippen LogP contribution is 2.27. The number of benzene rings is 2. The Hall–Kier alpha value is -2.92. The first kappa shape index (κ1) is 23.7. The molecule has 2 aromatic carbocycles. The van der Waals surface area contributed by atoms with E-state index in [1.165, 1.54) is 47.6 Å². The minimum Gasteiger partial charge on any atom is -0.406 e. The fourth-order valence-corrected chi connectivity index (χ4v) is 4.82. The molecule has 1 aliphatic heterocycles. The van der Waals surface area contributed by atoms with Crippen LogP contribution in [0.2, 0.25) is 0 Å². The topological polar surface area (TPSA) is 92.8 Å². The van der Waals surface area contributed by atoms with E-state index in [-0.39, 0.29) is 29.7 Å². The molecule has 0 unspecified atom stereocenters. The van der Waals surface area contributed by atoms with E-state index in [1.54, 1.807) is 0 Å². The van der Waals surface area contributed by atoms with Gasteiger partial charge in [-0.05, 0) is 56.2 Å². The number of nitrogens with zero attached hydrogens (tertiary/aromatic N) is 1. The van der Waals surface area contributed by atoms with E-state index in [2.05, 4.69) is 10.1 Å². The molecule has 0 bridgehead atoms. The van der Waals surface area contributed by atoms with Gasteiger partial charge in [-0.3, -0.25) is 9.59 Å². The van der Waals surface area contributed by atoms with Crippen molar-refractivity contribution in [3.63, 3.8) is 0 Å². The van der Waals surface area contributed by atoms with Crippen molar-refractivity contribution in [2.75, 3.05) is 18.4 Å². The number of hydrogen-bond acceptors (Lipinski definition) is 5. The second kappa shape index (κ2) is 9.29. The number of sulfonamides is 1. The number of ether oxygens (including phenoxy) is 1. The van der Waals surface area contributed by atoms with E-state index in [0.29, 0.717) is 24.1 Å². The van der Waals surface area contributed by atoms with Crippen molar-refractivity contribution in [2.45, 2.75) is 31.0 Å². The van der Waals surface area contributed by atoms with E-state index in [0.717, 1.165) is 12.1 Å². The third kappa shape index (κ3) is 5.86. The first-order chi connectivity index (χ1) is 15.0. The van der Waals surface area contributed by atoms with Crippen molar-refractivity contribution in [1.82, 2.24) is 4.31 Å². The number of piperidine rings is 1. The van der Waals surface area contributed by atoms with Crippen LogP contribution in [0.5, 0.6) is 5.75 Å². The highest BCUT2D eigenvalue weighted by atomic mass is 32.2. The molecule has 0 aromatic heterocycles.